The fourth-order valence-electron chi connectivity index (χ4n) is 8.82. The van der Waals surface area contributed by atoms with Crippen LogP contribution in [0.5, 0.6) is 23.0 Å². The number of benzene rings is 4. The van der Waals surface area contributed by atoms with Crippen LogP contribution in [0.25, 0.3) is 0 Å². The van der Waals surface area contributed by atoms with Crippen molar-refractivity contribution in [3.8, 4) is 23.0 Å². The van der Waals surface area contributed by atoms with Crippen molar-refractivity contribution >= 4 is 25.1 Å². The summed E-state index contributed by atoms with van der Waals surface area (Å²) in [4.78, 5) is 51.1. The highest BCUT2D eigenvalue weighted by Gasteiger charge is 2.25. The predicted molar refractivity (Wildman–Crippen MR) is 257 cm³/mol. The highest BCUT2D eigenvalue weighted by Crippen LogP contribution is 2.41. The lowest BCUT2D eigenvalue weighted by Crippen LogP contribution is -2.12. The molecule has 0 heterocycles. The fraction of sp³-hybridized carbons (Fsp3) is 0.500. The summed E-state index contributed by atoms with van der Waals surface area (Å²) in [7, 11) is 0. The third-order valence-electron chi connectivity index (χ3n) is 12.1. The van der Waals surface area contributed by atoms with E-state index in [0.717, 1.165) is 172 Å². The maximum atomic E-state index is 12.8. The number of hydrogen-bond acceptors (Lipinski definition) is 8. The van der Waals surface area contributed by atoms with Crippen molar-refractivity contribution in [2.75, 3.05) is 26.4 Å². The van der Waals surface area contributed by atoms with Gasteiger partial charge in [0.15, 0.2) is 0 Å². The second-order valence-corrected chi connectivity index (χ2v) is 17.5. The zero-order valence-corrected chi connectivity index (χ0v) is 39.2. The minimum Gasteiger partial charge on any atom is -0.493 e. The summed E-state index contributed by atoms with van der Waals surface area (Å²) in [6.45, 7) is 10.7. The third kappa shape index (κ3) is 14.4. The predicted octanol–water partition coefficient (Wildman–Crippen LogP) is 13.4. The van der Waals surface area contributed by atoms with Gasteiger partial charge in [0.2, 0.25) is 0 Å². The van der Waals surface area contributed by atoms with Crippen LogP contribution in [0.4, 0.5) is 0 Å². The summed E-state index contributed by atoms with van der Waals surface area (Å²) < 4.78 is 27.2. The second-order valence-electron chi connectivity index (χ2n) is 17.5. The Balaban J connectivity index is 1.82. The van der Waals surface area contributed by atoms with Crippen molar-refractivity contribution in [2.24, 2.45) is 0 Å². The van der Waals surface area contributed by atoms with Gasteiger partial charge in [-0.15, -0.1) is 0 Å². The van der Waals surface area contributed by atoms with Crippen molar-refractivity contribution in [1.82, 2.24) is 0 Å². The van der Waals surface area contributed by atoms with Crippen LogP contribution in [0, 0.1) is 0 Å². The monoisotopic (exact) mass is 873 g/mol. The van der Waals surface area contributed by atoms with Crippen LogP contribution in [-0.4, -0.2) is 51.6 Å². The molecule has 0 atom stereocenters. The molecule has 0 aliphatic heterocycles. The van der Waals surface area contributed by atoms with Crippen LogP contribution >= 0.6 is 0 Å². The lowest BCUT2D eigenvalue weighted by molar-refractivity contribution is 0.111. The molecule has 64 heavy (non-hydrogen) atoms. The Kier molecular flexibility index (Phi) is 21.1. The molecule has 1 aliphatic carbocycles. The Morgan fingerprint density at radius 1 is 0.312 bits per heavy atom. The Bertz CT molecular complexity index is 1740. The Morgan fingerprint density at radius 2 is 0.500 bits per heavy atom. The van der Waals surface area contributed by atoms with Crippen molar-refractivity contribution in [1.29, 1.82) is 0 Å². The summed E-state index contributed by atoms with van der Waals surface area (Å²) >= 11 is 0. The van der Waals surface area contributed by atoms with Gasteiger partial charge in [0.05, 0.1) is 26.4 Å². The van der Waals surface area contributed by atoms with Crippen LogP contribution < -0.4 is 18.9 Å². The van der Waals surface area contributed by atoms with Crippen LogP contribution in [0.15, 0.2) is 48.5 Å². The van der Waals surface area contributed by atoms with E-state index in [9.17, 15) is 19.2 Å². The average molecular weight is 873 g/mol. The SMILES string of the molecule is CCCCCCOc1c2cc(C=O)cc1Cc1cc(C=O)cc(c1OCCCCCC)Cc1cc(C=O)cc(c1OCCCCCC)Cc1cc(C=O)cc(c1OCCCCCC)C2. The zero-order chi connectivity index (χ0) is 45.5. The number of unbranched alkanes of at least 4 members (excludes halogenated alkanes) is 12. The molecule has 0 amide bonds. The minimum absolute atomic E-state index is 0.332. The van der Waals surface area contributed by atoms with Gasteiger partial charge in [0.1, 0.15) is 48.1 Å². The highest BCUT2D eigenvalue weighted by molar-refractivity contribution is 5.80. The topological polar surface area (TPSA) is 105 Å². The molecule has 1 aliphatic rings. The Labute approximate surface area is 382 Å². The van der Waals surface area contributed by atoms with E-state index in [1.807, 2.05) is 48.5 Å². The van der Waals surface area contributed by atoms with Gasteiger partial charge in [-0.05, 0) is 119 Å². The minimum atomic E-state index is 0.332. The molecule has 0 spiro atoms. The standard InChI is InChI=1S/C56H72O8/c1-5-9-13-17-21-61-53-45-25-41(37-57)26-46(53)34-48-28-43(39-59)30-50(55(48)63-23-19-15-11-7-3)36-52-32-44(40-60)31-51(56(52)64-24-20-16-12-8-4)35-49-29-42(38-58)27-47(33-45)54(49)62-22-18-14-10-6-2/h25-32,37-40H,5-24,33-36H2,1-4H3. The largest absolute Gasteiger partial charge is 0.493 e. The first-order valence-electron chi connectivity index (χ1n) is 24.3. The first kappa shape index (κ1) is 49.8. The van der Waals surface area contributed by atoms with E-state index in [0.29, 0.717) is 97.4 Å². The van der Waals surface area contributed by atoms with E-state index in [-0.39, 0.29) is 0 Å². The van der Waals surface area contributed by atoms with Crippen LogP contribution in [0.2, 0.25) is 0 Å². The van der Waals surface area contributed by atoms with E-state index in [1.54, 1.807) is 0 Å². The molecule has 0 fully saturated rings. The molecule has 0 saturated heterocycles. The fourth-order valence-corrected chi connectivity index (χ4v) is 8.82. The van der Waals surface area contributed by atoms with Crippen molar-refractivity contribution in [3.63, 3.8) is 0 Å². The van der Waals surface area contributed by atoms with E-state index in [1.165, 1.54) is 0 Å². The molecule has 8 bridgehead atoms. The number of fused-ring (bicyclic) bond motifs is 8. The number of rotatable bonds is 28. The summed E-state index contributed by atoms with van der Waals surface area (Å²) in [5.41, 5.74) is 8.48. The summed E-state index contributed by atoms with van der Waals surface area (Å²) in [6, 6.07) is 15.1. The molecular weight excluding hydrogens is 801 g/mol. The molecule has 0 N–H and O–H groups in total. The number of hydrogen-bond donors (Lipinski definition) is 0. The molecule has 8 heteroatoms. The normalized spacial score (nSPS) is 12.1. The first-order valence-corrected chi connectivity index (χ1v) is 24.3. The quantitative estimate of drug-likeness (QED) is 0.0361. The summed E-state index contributed by atoms with van der Waals surface area (Å²) in [5.74, 6) is 2.75. The summed E-state index contributed by atoms with van der Waals surface area (Å²) in [5, 5.41) is 0. The van der Waals surface area contributed by atoms with Gasteiger partial charge in [-0.1, -0.05) is 105 Å². The maximum absolute atomic E-state index is 12.8. The van der Waals surface area contributed by atoms with E-state index >= 15 is 0 Å². The number of carbonyl (C=O) groups is 4. The molecule has 8 nitrogen and oxygen atoms in total. The lowest BCUT2D eigenvalue weighted by atomic mass is 9.88. The Morgan fingerprint density at radius 3 is 0.656 bits per heavy atom. The molecule has 4 aromatic rings. The lowest BCUT2D eigenvalue weighted by Gasteiger charge is -2.24. The molecule has 5 rings (SSSR count). The van der Waals surface area contributed by atoms with E-state index < -0.39 is 0 Å². The second kappa shape index (κ2) is 27.2. The smallest absolute Gasteiger partial charge is 0.150 e. The van der Waals surface area contributed by atoms with Crippen LogP contribution in [0.1, 0.15) is 216 Å². The zero-order valence-electron chi connectivity index (χ0n) is 39.2. The maximum Gasteiger partial charge on any atom is 0.150 e. The van der Waals surface area contributed by atoms with Crippen molar-refractivity contribution in [3.05, 3.63) is 115 Å². The van der Waals surface area contributed by atoms with E-state index in [2.05, 4.69) is 27.7 Å². The summed E-state index contributed by atoms with van der Waals surface area (Å²) in [6.07, 6.45) is 21.3. The highest BCUT2D eigenvalue weighted by atomic mass is 16.5. The molecule has 0 saturated carbocycles. The van der Waals surface area contributed by atoms with Crippen LogP contribution in [-0.2, 0) is 25.7 Å². The van der Waals surface area contributed by atoms with Gasteiger partial charge in [0.25, 0.3) is 0 Å². The number of carbonyl (C=O) groups excluding carboxylic acids is 4. The molecule has 344 valence electrons. The number of ether oxygens (including phenoxy) is 4. The molecule has 4 aromatic carbocycles. The van der Waals surface area contributed by atoms with Crippen molar-refractivity contribution < 1.29 is 38.1 Å². The van der Waals surface area contributed by atoms with Crippen molar-refractivity contribution in [2.45, 2.75) is 156 Å². The van der Waals surface area contributed by atoms with Gasteiger partial charge in [-0.2, -0.15) is 0 Å². The van der Waals surface area contributed by atoms with E-state index in [4.69, 9.17) is 18.9 Å². The van der Waals surface area contributed by atoms with Gasteiger partial charge in [0, 0.05) is 47.9 Å². The number of aldehydes is 4. The first-order chi connectivity index (χ1) is 31.4. The van der Waals surface area contributed by atoms with Crippen LogP contribution in [0.3, 0.4) is 0 Å². The Hall–Kier alpha value is -5.24. The molecule has 0 unspecified atom stereocenters. The molecule has 0 radical (unpaired) electrons. The van der Waals surface area contributed by atoms with Gasteiger partial charge in [-0.3, -0.25) is 19.2 Å². The third-order valence-corrected chi connectivity index (χ3v) is 12.1. The average Bonchev–Trinajstić information content (AvgIpc) is 3.30. The molecular formula is C56H72O8. The molecule has 0 aromatic heterocycles. The van der Waals surface area contributed by atoms with Gasteiger partial charge >= 0.3 is 0 Å². The van der Waals surface area contributed by atoms with Gasteiger partial charge in [-0.25, -0.2) is 0 Å². The van der Waals surface area contributed by atoms with Gasteiger partial charge < -0.3 is 18.9 Å².